The molecule has 1 spiro atoms. The van der Waals surface area contributed by atoms with E-state index in [0.717, 1.165) is 56.9 Å². The largest absolute Gasteiger partial charge is 0.492 e. The number of thioether (sulfide) groups is 1. The number of hydrogen-bond acceptors (Lipinski definition) is 4. The number of ether oxygens (including phenoxy) is 1. The number of fused-ring (bicyclic) bond motifs is 2. The lowest BCUT2D eigenvalue weighted by molar-refractivity contribution is -0.108. The van der Waals surface area contributed by atoms with Gasteiger partial charge in [0.05, 0.1) is 6.61 Å². The van der Waals surface area contributed by atoms with Crippen molar-refractivity contribution < 1.29 is 9.53 Å². The van der Waals surface area contributed by atoms with Gasteiger partial charge in [-0.3, -0.25) is 0 Å². The van der Waals surface area contributed by atoms with E-state index in [9.17, 15) is 4.79 Å². The monoisotopic (exact) mass is 367 g/mol. The first-order chi connectivity index (χ1) is 12.8. The van der Waals surface area contributed by atoms with Crippen molar-refractivity contribution in [3.05, 3.63) is 59.7 Å². The van der Waals surface area contributed by atoms with E-state index in [1.54, 1.807) is 0 Å². The van der Waals surface area contributed by atoms with Crippen molar-refractivity contribution in [1.29, 1.82) is 0 Å². The molecule has 2 aromatic rings. The van der Waals surface area contributed by atoms with E-state index < -0.39 is 0 Å². The van der Waals surface area contributed by atoms with Gasteiger partial charge in [-0.1, -0.05) is 36.4 Å². The van der Waals surface area contributed by atoms with Crippen molar-refractivity contribution in [3.63, 3.8) is 0 Å². The molecule has 136 valence electrons. The Kier molecular flexibility index (Phi) is 5.32. The first-order valence-corrected chi connectivity index (χ1v) is 10.4. The third-order valence-electron chi connectivity index (χ3n) is 5.65. The average molecular weight is 368 g/mol. The van der Waals surface area contributed by atoms with Crippen molar-refractivity contribution in [2.75, 3.05) is 26.2 Å². The summed E-state index contributed by atoms with van der Waals surface area (Å²) >= 11 is 1.86. The molecule has 1 fully saturated rings. The van der Waals surface area contributed by atoms with Crippen molar-refractivity contribution in [3.8, 4) is 5.75 Å². The van der Waals surface area contributed by atoms with Gasteiger partial charge in [0.1, 0.15) is 12.0 Å². The number of carbonyl (C=O) groups is 1. The van der Waals surface area contributed by atoms with Crippen LogP contribution >= 0.6 is 11.8 Å². The molecule has 0 unspecified atom stereocenters. The van der Waals surface area contributed by atoms with Crippen LogP contribution < -0.4 is 4.74 Å². The number of rotatable bonds is 6. The van der Waals surface area contributed by atoms with Crippen LogP contribution in [0.3, 0.4) is 0 Å². The first kappa shape index (κ1) is 17.6. The lowest BCUT2D eigenvalue weighted by Gasteiger charge is -2.38. The molecule has 0 aromatic heterocycles. The van der Waals surface area contributed by atoms with Crippen molar-refractivity contribution in [1.82, 2.24) is 4.90 Å². The van der Waals surface area contributed by atoms with E-state index in [1.165, 1.54) is 16.0 Å². The zero-order chi connectivity index (χ0) is 17.8. The Labute approximate surface area is 159 Å². The minimum absolute atomic E-state index is 0.176. The molecule has 0 amide bonds. The van der Waals surface area contributed by atoms with Gasteiger partial charge in [0.25, 0.3) is 0 Å². The molecule has 0 saturated carbocycles. The van der Waals surface area contributed by atoms with Crippen LogP contribution in [0, 0.1) is 0 Å². The third-order valence-corrected chi connectivity index (χ3v) is 6.72. The van der Waals surface area contributed by atoms with Gasteiger partial charge in [0.2, 0.25) is 0 Å². The van der Waals surface area contributed by atoms with Gasteiger partial charge in [-0.2, -0.15) is 0 Å². The van der Waals surface area contributed by atoms with Crippen LogP contribution in [0.1, 0.15) is 30.4 Å². The lowest BCUT2D eigenvalue weighted by Crippen LogP contribution is -2.43. The number of aldehydes is 1. The third kappa shape index (κ3) is 3.67. The number of piperidine rings is 1. The van der Waals surface area contributed by atoms with Gasteiger partial charge < -0.3 is 14.4 Å². The van der Waals surface area contributed by atoms with E-state index >= 15 is 0 Å². The molecule has 0 atom stereocenters. The van der Waals surface area contributed by atoms with Crippen LogP contribution in [-0.4, -0.2) is 37.4 Å². The van der Waals surface area contributed by atoms with Crippen LogP contribution in [0.5, 0.6) is 5.75 Å². The normalized spacial score (nSPS) is 18.5. The van der Waals surface area contributed by atoms with E-state index in [2.05, 4.69) is 53.4 Å². The van der Waals surface area contributed by atoms with Gasteiger partial charge in [-0.05, 0) is 43.6 Å². The molecule has 0 radical (unpaired) electrons. The maximum absolute atomic E-state index is 10.6. The summed E-state index contributed by atoms with van der Waals surface area (Å²) in [5.74, 6) is 2.06. The molecule has 2 aliphatic rings. The Morgan fingerprint density at radius 1 is 1.12 bits per heavy atom. The maximum atomic E-state index is 10.6. The van der Waals surface area contributed by atoms with E-state index in [4.69, 9.17) is 4.74 Å². The number of hydrogen-bond donors (Lipinski definition) is 0. The van der Waals surface area contributed by atoms with Crippen molar-refractivity contribution in [2.45, 2.75) is 35.3 Å². The first-order valence-electron chi connectivity index (χ1n) is 9.39. The van der Waals surface area contributed by atoms with Crippen molar-refractivity contribution >= 4 is 18.0 Å². The highest BCUT2D eigenvalue weighted by molar-refractivity contribution is 7.98. The number of benzene rings is 2. The predicted molar refractivity (Wildman–Crippen MR) is 106 cm³/mol. The van der Waals surface area contributed by atoms with E-state index in [1.807, 2.05) is 11.8 Å². The maximum Gasteiger partial charge on any atom is 0.124 e. The fourth-order valence-electron chi connectivity index (χ4n) is 4.04. The molecule has 2 heterocycles. The van der Waals surface area contributed by atoms with Crippen LogP contribution in [0.2, 0.25) is 0 Å². The highest BCUT2D eigenvalue weighted by Crippen LogP contribution is 2.46. The topological polar surface area (TPSA) is 29.5 Å². The quantitative estimate of drug-likeness (QED) is 0.563. The molecule has 0 bridgehead atoms. The SMILES string of the molecule is O=CCCN1CCC2(CC1)COc1cc(SCc3ccccc3)ccc12. The summed E-state index contributed by atoms with van der Waals surface area (Å²) in [6, 6.07) is 17.3. The van der Waals surface area contributed by atoms with Crippen LogP contribution in [0.25, 0.3) is 0 Å². The Morgan fingerprint density at radius 2 is 1.92 bits per heavy atom. The summed E-state index contributed by atoms with van der Waals surface area (Å²) in [5.41, 5.74) is 2.91. The fraction of sp³-hybridized carbons (Fsp3) is 0.409. The summed E-state index contributed by atoms with van der Waals surface area (Å²) in [4.78, 5) is 14.3. The lowest BCUT2D eigenvalue weighted by atomic mass is 9.74. The summed E-state index contributed by atoms with van der Waals surface area (Å²) < 4.78 is 6.11. The van der Waals surface area contributed by atoms with E-state index in [-0.39, 0.29) is 5.41 Å². The zero-order valence-electron chi connectivity index (χ0n) is 15.0. The second-order valence-corrected chi connectivity index (χ2v) is 8.35. The molecule has 26 heavy (non-hydrogen) atoms. The zero-order valence-corrected chi connectivity index (χ0v) is 15.8. The summed E-state index contributed by atoms with van der Waals surface area (Å²) in [7, 11) is 0. The van der Waals surface area contributed by atoms with Crippen molar-refractivity contribution in [2.24, 2.45) is 0 Å². The van der Waals surface area contributed by atoms with Gasteiger partial charge in [0.15, 0.2) is 0 Å². The summed E-state index contributed by atoms with van der Waals surface area (Å²) in [6.45, 7) is 3.81. The fourth-order valence-corrected chi connectivity index (χ4v) is 4.92. The molecule has 3 nitrogen and oxygen atoms in total. The Morgan fingerprint density at radius 3 is 2.69 bits per heavy atom. The van der Waals surface area contributed by atoms with Gasteiger partial charge in [-0.25, -0.2) is 0 Å². The van der Waals surface area contributed by atoms with Gasteiger partial charge >= 0.3 is 0 Å². The molecule has 2 aromatic carbocycles. The number of likely N-dealkylation sites (tertiary alicyclic amines) is 1. The molecular formula is C22H25NO2S. The van der Waals surface area contributed by atoms with Crippen LogP contribution in [0.4, 0.5) is 0 Å². The average Bonchev–Trinajstić information content (AvgIpc) is 3.04. The smallest absolute Gasteiger partial charge is 0.124 e. The van der Waals surface area contributed by atoms with Gasteiger partial charge in [0, 0.05) is 34.6 Å². The highest BCUT2D eigenvalue weighted by atomic mass is 32.2. The Balaban J connectivity index is 1.41. The summed E-state index contributed by atoms with van der Waals surface area (Å²) in [5, 5.41) is 0. The highest BCUT2D eigenvalue weighted by Gasteiger charge is 2.42. The second-order valence-electron chi connectivity index (χ2n) is 7.30. The molecule has 4 heteroatoms. The number of carbonyl (C=O) groups excluding carboxylic acids is 1. The summed E-state index contributed by atoms with van der Waals surface area (Å²) in [6.07, 6.45) is 3.90. The Hall–Kier alpha value is -1.78. The standard InChI is InChI=1S/C22H25NO2S/c24-14-4-11-23-12-9-22(10-13-23)17-25-21-15-19(7-8-20(21)22)26-16-18-5-2-1-3-6-18/h1-3,5-8,14-15H,4,9-13,16-17H2. The molecular weight excluding hydrogens is 342 g/mol. The molecule has 1 saturated heterocycles. The van der Waals surface area contributed by atoms with Crippen LogP contribution in [-0.2, 0) is 16.0 Å². The second kappa shape index (κ2) is 7.85. The van der Waals surface area contributed by atoms with Gasteiger partial charge in [-0.15, -0.1) is 11.8 Å². The molecule has 0 aliphatic carbocycles. The van der Waals surface area contributed by atoms with Crippen LogP contribution in [0.15, 0.2) is 53.4 Å². The minimum atomic E-state index is 0.176. The molecule has 0 N–H and O–H groups in total. The molecule has 2 aliphatic heterocycles. The van der Waals surface area contributed by atoms with E-state index in [0.29, 0.717) is 6.42 Å². The number of nitrogens with zero attached hydrogens (tertiary/aromatic N) is 1. The Bertz CT molecular complexity index is 754. The molecule has 4 rings (SSSR count). The minimum Gasteiger partial charge on any atom is -0.492 e. The predicted octanol–water partition coefficient (Wildman–Crippen LogP) is 4.29.